The molecule has 3 aromatic carbocycles. The van der Waals surface area contributed by atoms with Crippen LogP contribution in [0.25, 0.3) is 32.9 Å². The van der Waals surface area contributed by atoms with E-state index in [1.165, 1.54) is 0 Å². The van der Waals surface area contributed by atoms with Gasteiger partial charge in [-0.25, -0.2) is 9.97 Å². The minimum atomic E-state index is -0.175. The minimum Gasteiger partial charge on any atom is -0.473 e. The molecule has 7 aromatic rings. The standard InChI is InChI=1S/C42H40N8O4/c1-25-18-34-29(21-43)6-7-30(41(34)54-25)24-53-40-5-3-4-35(46-40)27-12-15-49(16-13-27)23-39-45-37-20-31(9-11-38(37)50(39)22-32-14-17-52-32)44-42(51)28-8-10-36-33(19-28)26(2)47-48-36/h3-11,18-20,27,32H,12-17,22-24H2,1-2H3,(H,44,51)(H,47,48)/t32-/m0/s1. The molecule has 12 heteroatoms. The predicted octanol–water partition coefficient (Wildman–Crippen LogP) is 7.54. The molecule has 2 saturated heterocycles. The highest BCUT2D eigenvalue weighted by Crippen LogP contribution is 2.31. The number of aromatic nitrogens is 5. The summed E-state index contributed by atoms with van der Waals surface area (Å²) in [6.07, 6.45) is 3.17. The van der Waals surface area contributed by atoms with Gasteiger partial charge in [0.2, 0.25) is 5.88 Å². The molecule has 12 nitrogen and oxygen atoms in total. The average Bonchev–Trinajstić information content (AvgIpc) is 3.85. The first-order valence-corrected chi connectivity index (χ1v) is 18.5. The number of likely N-dealkylation sites (tertiary alicyclic amines) is 1. The molecule has 6 heterocycles. The lowest BCUT2D eigenvalue weighted by atomic mass is 9.93. The van der Waals surface area contributed by atoms with Crippen molar-refractivity contribution in [3.63, 3.8) is 0 Å². The molecule has 0 spiro atoms. The fourth-order valence-electron chi connectivity index (χ4n) is 7.69. The first-order chi connectivity index (χ1) is 26.4. The van der Waals surface area contributed by atoms with Crippen LogP contribution in [0.4, 0.5) is 5.69 Å². The van der Waals surface area contributed by atoms with Gasteiger partial charge >= 0.3 is 0 Å². The third-order valence-electron chi connectivity index (χ3n) is 10.8. The number of carbonyl (C=O) groups is 1. The van der Waals surface area contributed by atoms with Crippen molar-refractivity contribution in [2.75, 3.05) is 25.0 Å². The Morgan fingerprint density at radius 1 is 1.00 bits per heavy atom. The number of imidazole rings is 1. The number of fused-ring (bicyclic) bond motifs is 3. The molecule has 2 fully saturated rings. The van der Waals surface area contributed by atoms with Crippen molar-refractivity contribution >= 4 is 44.5 Å². The van der Waals surface area contributed by atoms with E-state index in [1.807, 2.05) is 68.4 Å². The highest BCUT2D eigenvalue weighted by Gasteiger charge is 2.26. The van der Waals surface area contributed by atoms with Gasteiger partial charge in [0, 0.05) is 57.6 Å². The van der Waals surface area contributed by atoms with Crippen LogP contribution < -0.4 is 10.1 Å². The number of hydrogen-bond donors (Lipinski definition) is 2. The smallest absolute Gasteiger partial charge is 0.255 e. The predicted molar refractivity (Wildman–Crippen MR) is 204 cm³/mol. The Kier molecular flexibility index (Phi) is 8.81. The van der Waals surface area contributed by atoms with Crippen molar-refractivity contribution in [2.24, 2.45) is 0 Å². The summed E-state index contributed by atoms with van der Waals surface area (Å²) >= 11 is 0. The third kappa shape index (κ3) is 6.57. The van der Waals surface area contributed by atoms with Crippen LogP contribution in [0.2, 0.25) is 0 Å². The molecule has 54 heavy (non-hydrogen) atoms. The molecule has 2 N–H and O–H groups in total. The number of nitrogens with one attached hydrogen (secondary N) is 2. The van der Waals surface area contributed by atoms with Crippen molar-refractivity contribution in [1.82, 2.24) is 29.6 Å². The van der Waals surface area contributed by atoms with Crippen molar-refractivity contribution in [2.45, 2.75) is 64.8 Å². The number of nitriles is 1. The first kappa shape index (κ1) is 33.8. The summed E-state index contributed by atoms with van der Waals surface area (Å²) in [5, 5.41) is 21.6. The van der Waals surface area contributed by atoms with Gasteiger partial charge in [-0.3, -0.25) is 14.8 Å². The Hall–Kier alpha value is -6.03. The number of rotatable bonds is 10. The number of hydrogen-bond acceptors (Lipinski definition) is 9. The SMILES string of the molecule is Cc1cc2c(C#N)ccc(COc3cccc(C4CCN(Cc5nc6cc(NC(=O)c7ccc8n[nH]c(C)c8c7)ccc6n5C[C@@H]5CCO5)CC4)n3)c2o1. The molecular formula is C42H40N8O4. The fraction of sp³-hybridized carbons (Fsp3) is 0.310. The Bertz CT molecular complexity index is 2570. The fourth-order valence-corrected chi connectivity index (χ4v) is 7.69. The molecule has 0 aliphatic carbocycles. The van der Waals surface area contributed by atoms with E-state index in [1.54, 1.807) is 6.07 Å². The van der Waals surface area contributed by atoms with Gasteiger partial charge < -0.3 is 23.8 Å². The van der Waals surface area contributed by atoms with Gasteiger partial charge in [0.1, 0.15) is 23.8 Å². The van der Waals surface area contributed by atoms with E-state index in [9.17, 15) is 10.1 Å². The minimum absolute atomic E-state index is 0.175. The average molecular weight is 721 g/mol. The number of aromatic amines is 1. The number of H-pyrrole nitrogens is 1. The molecule has 1 atom stereocenters. The van der Waals surface area contributed by atoms with Gasteiger partial charge in [0.15, 0.2) is 0 Å². The van der Waals surface area contributed by atoms with Gasteiger partial charge in [-0.05, 0) is 101 Å². The largest absolute Gasteiger partial charge is 0.473 e. The van der Waals surface area contributed by atoms with Crippen LogP contribution in [0.15, 0.2) is 77.2 Å². The summed E-state index contributed by atoms with van der Waals surface area (Å²) in [5.74, 6) is 2.49. The van der Waals surface area contributed by atoms with E-state index in [-0.39, 0.29) is 12.0 Å². The van der Waals surface area contributed by atoms with Crippen LogP contribution in [0.1, 0.15) is 69.6 Å². The zero-order chi connectivity index (χ0) is 36.8. The quantitative estimate of drug-likeness (QED) is 0.146. The zero-order valence-corrected chi connectivity index (χ0v) is 30.3. The maximum atomic E-state index is 13.2. The van der Waals surface area contributed by atoms with Crippen molar-refractivity contribution in [1.29, 1.82) is 5.26 Å². The van der Waals surface area contributed by atoms with Crippen molar-refractivity contribution in [3.05, 3.63) is 112 Å². The number of furan rings is 1. The summed E-state index contributed by atoms with van der Waals surface area (Å²) in [6.45, 7) is 8.24. The number of anilines is 1. The molecule has 2 aliphatic heterocycles. The van der Waals surface area contributed by atoms with Gasteiger partial charge in [-0.2, -0.15) is 10.4 Å². The maximum absolute atomic E-state index is 13.2. The molecule has 2 aliphatic rings. The Balaban J connectivity index is 0.865. The summed E-state index contributed by atoms with van der Waals surface area (Å²) < 4.78 is 20.2. The molecule has 0 saturated carbocycles. The molecule has 0 radical (unpaired) electrons. The lowest BCUT2D eigenvalue weighted by Gasteiger charge is -2.32. The van der Waals surface area contributed by atoms with Crippen LogP contribution in [0.3, 0.4) is 0 Å². The molecular weight excluding hydrogens is 681 g/mol. The molecule has 0 bridgehead atoms. The van der Waals surface area contributed by atoms with Crippen molar-refractivity contribution in [3.8, 4) is 11.9 Å². The second-order valence-corrected chi connectivity index (χ2v) is 14.4. The molecule has 9 rings (SSSR count). The van der Waals surface area contributed by atoms with E-state index < -0.39 is 0 Å². The van der Waals surface area contributed by atoms with Gasteiger partial charge in [-0.1, -0.05) is 12.1 Å². The molecule has 272 valence electrons. The van der Waals surface area contributed by atoms with Crippen LogP contribution in [0, 0.1) is 25.2 Å². The van der Waals surface area contributed by atoms with E-state index in [0.29, 0.717) is 40.8 Å². The molecule has 0 unspecified atom stereocenters. The summed E-state index contributed by atoms with van der Waals surface area (Å²) in [5.41, 5.74) is 8.12. The van der Waals surface area contributed by atoms with Crippen LogP contribution in [0.5, 0.6) is 5.88 Å². The summed E-state index contributed by atoms with van der Waals surface area (Å²) in [7, 11) is 0. The number of benzene rings is 3. The highest BCUT2D eigenvalue weighted by atomic mass is 16.5. The van der Waals surface area contributed by atoms with Crippen LogP contribution in [-0.4, -0.2) is 61.3 Å². The monoisotopic (exact) mass is 720 g/mol. The third-order valence-corrected chi connectivity index (χ3v) is 10.8. The number of aryl methyl sites for hydroxylation is 2. The Labute approximate surface area is 311 Å². The van der Waals surface area contributed by atoms with Crippen molar-refractivity contribution < 1.29 is 18.7 Å². The summed E-state index contributed by atoms with van der Waals surface area (Å²) in [4.78, 5) is 25.7. The normalized spacial score (nSPS) is 16.5. The van der Waals surface area contributed by atoms with Crippen LogP contribution >= 0.6 is 0 Å². The topological polar surface area (TPSA) is 147 Å². The Morgan fingerprint density at radius 3 is 2.69 bits per heavy atom. The van der Waals surface area contributed by atoms with E-state index in [2.05, 4.69) is 43.2 Å². The second-order valence-electron chi connectivity index (χ2n) is 14.4. The zero-order valence-electron chi connectivity index (χ0n) is 30.3. The second kappa shape index (κ2) is 14.1. The van der Waals surface area contributed by atoms with Gasteiger partial charge in [-0.15, -0.1) is 0 Å². The lowest BCUT2D eigenvalue weighted by molar-refractivity contribution is -0.0592. The number of carbonyl (C=O) groups excluding carboxylic acids is 1. The maximum Gasteiger partial charge on any atom is 0.255 e. The van der Waals surface area contributed by atoms with E-state index in [0.717, 1.165) is 108 Å². The number of ether oxygens (including phenoxy) is 2. The lowest BCUT2D eigenvalue weighted by Crippen LogP contribution is -2.35. The van der Waals surface area contributed by atoms with Gasteiger partial charge in [0.25, 0.3) is 5.91 Å². The van der Waals surface area contributed by atoms with E-state index in [4.69, 9.17) is 23.9 Å². The molecule has 1 amide bonds. The first-order valence-electron chi connectivity index (χ1n) is 18.5. The number of piperidine rings is 1. The van der Waals surface area contributed by atoms with Crippen LogP contribution in [-0.2, 0) is 24.4 Å². The van der Waals surface area contributed by atoms with E-state index >= 15 is 0 Å². The summed E-state index contributed by atoms with van der Waals surface area (Å²) in [6, 6.07) is 25.3. The Morgan fingerprint density at radius 2 is 1.87 bits per heavy atom. The molecule has 4 aromatic heterocycles. The number of nitrogens with zero attached hydrogens (tertiary/aromatic N) is 6. The highest BCUT2D eigenvalue weighted by molar-refractivity contribution is 6.07. The number of amides is 1. The number of pyridine rings is 1. The van der Waals surface area contributed by atoms with Gasteiger partial charge in [0.05, 0.1) is 47.4 Å².